The number of aromatic hydroxyl groups is 1. The average molecular weight is 346 g/mol. The van der Waals surface area contributed by atoms with Crippen LogP contribution in [0.25, 0.3) is 0 Å². The number of phenolic OH excluding ortho intramolecular Hbond substituents is 1. The van der Waals surface area contributed by atoms with Gasteiger partial charge in [-0.25, -0.2) is 0 Å². The third kappa shape index (κ3) is 3.02. The Kier molecular flexibility index (Phi) is 4.22. The van der Waals surface area contributed by atoms with Gasteiger partial charge in [0.05, 0.1) is 10.0 Å². The van der Waals surface area contributed by atoms with Gasteiger partial charge in [-0.2, -0.15) is 0 Å². The monoisotopic (exact) mass is 344 g/mol. The molecule has 0 aliphatic carbocycles. The molecule has 6 heteroatoms. The van der Waals surface area contributed by atoms with Crippen molar-refractivity contribution < 1.29 is 5.11 Å². The molecule has 2 aromatic carbocycles. The van der Waals surface area contributed by atoms with E-state index >= 15 is 0 Å². The maximum Gasteiger partial charge on any atom is 0.161 e. The smallest absolute Gasteiger partial charge is 0.161 e. The van der Waals surface area contributed by atoms with Gasteiger partial charge in [0.25, 0.3) is 0 Å². The van der Waals surface area contributed by atoms with E-state index in [1.165, 1.54) is 0 Å². The molecule has 0 heterocycles. The normalized spacial score (nSPS) is 11.1. The predicted molar refractivity (Wildman–Crippen MR) is 76.4 cm³/mol. The predicted octanol–water partition coefficient (Wildman–Crippen LogP) is 5.88. The number of benzene rings is 2. The Balaban J connectivity index is 2.38. The Labute approximate surface area is 122 Å². The van der Waals surface area contributed by atoms with Gasteiger partial charge in [-0.1, -0.05) is 51.3 Å². The largest absolute Gasteiger partial charge is 0.504 e. The summed E-state index contributed by atoms with van der Waals surface area (Å²) in [5, 5.41) is 18.3. The fourth-order valence-electron chi connectivity index (χ4n) is 1.27. The third-order valence-corrected chi connectivity index (χ3v) is 3.19. The topological polar surface area (TPSA) is 45.0 Å². The van der Waals surface area contributed by atoms with Gasteiger partial charge in [-0.3, -0.25) is 0 Å². The van der Waals surface area contributed by atoms with Gasteiger partial charge in [-0.05, 0) is 24.3 Å². The van der Waals surface area contributed by atoms with Gasteiger partial charge in [0.2, 0.25) is 0 Å². The second kappa shape index (κ2) is 5.69. The van der Waals surface area contributed by atoms with Crippen molar-refractivity contribution in [2.45, 2.75) is 0 Å². The molecule has 0 saturated carbocycles. The van der Waals surface area contributed by atoms with Crippen molar-refractivity contribution in [1.29, 1.82) is 0 Å². The summed E-state index contributed by atoms with van der Waals surface area (Å²) >= 11 is 15.0. The molecule has 0 saturated heterocycles. The first kappa shape index (κ1) is 13.3. The minimum absolute atomic E-state index is 0.115. The van der Waals surface area contributed by atoms with E-state index in [9.17, 15) is 5.11 Å². The van der Waals surface area contributed by atoms with E-state index < -0.39 is 0 Å². The molecule has 3 nitrogen and oxygen atoms in total. The average Bonchev–Trinajstić information content (AvgIpc) is 2.33. The van der Waals surface area contributed by atoms with Crippen molar-refractivity contribution in [2.24, 2.45) is 10.2 Å². The number of rotatable bonds is 2. The molecule has 92 valence electrons. The number of hydrogen-bond acceptors (Lipinski definition) is 3. The Morgan fingerprint density at radius 1 is 0.944 bits per heavy atom. The number of nitrogens with zero attached hydrogens (tertiary/aromatic N) is 2. The lowest BCUT2D eigenvalue weighted by Gasteiger charge is -2.01. The van der Waals surface area contributed by atoms with E-state index in [1.54, 1.807) is 36.4 Å². The minimum atomic E-state index is -0.115. The molecule has 0 atom stereocenters. The van der Waals surface area contributed by atoms with Gasteiger partial charge < -0.3 is 5.11 Å². The zero-order valence-corrected chi connectivity index (χ0v) is 12.0. The van der Waals surface area contributed by atoms with Crippen LogP contribution in [0.3, 0.4) is 0 Å². The number of azo groups is 1. The lowest BCUT2D eigenvalue weighted by molar-refractivity contribution is 0.476. The second-order valence-electron chi connectivity index (χ2n) is 3.41. The van der Waals surface area contributed by atoms with Crippen molar-refractivity contribution in [3.05, 3.63) is 50.9 Å². The molecule has 0 aliphatic heterocycles. The van der Waals surface area contributed by atoms with Gasteiger partial charge in [0, 0.05) is 4.47 Å². The van der Waals surface area contributed by atoms with E-state index in [4.69, 9.17) is 23.2 Å². The molecule has 18 heavy (non-hydrogen) atoms. The van der Waals surface area contributed by atoms with Crippen molar-refractivity contribution in [1.82, 2.24) is 0 Å². The molecule has 0 fully saturated rings. The van der Waals surface area contributed by atoms with Gasteiger partial charge in [0.1, 0.15) is 11.4 Å². The standard InChI is InChI=1S/C12H7BrCl2N2O/c13-7-5-9(15)12(18)11(6-7)17-16-10-4-2-1-3-8(10)14/h1-6,18H. The maximum absolute atomic E-state index is 9.73. The number of phenols is 1. The maximum atomic E-state index is 9.73. The van der Waals surface area contributed by atoms with Crippen molar-refractivity contribution in [2.75, 3.05) is 0 Å². The first-order valence-corrected chi connectivity index (χ1v) is 6.47. The van der Waals surface area contributed by atoms with Crippen molar-refractivity contribution in [3.63, 3.8) is 0 Å². The highest BCUT2D eigenvalue weighted by molar-refractivity contribution is 9.10. The molecule has 1 N–H and O–H groups in total. The Hall–Kier alpha value is -1.10. The minimum Gasteiger partial charge on any atom is -0.504 e. The first-order valence-electron chi connectivity index (χ1n) is 4.92. The molecular formula is C12H7BrCl2N2O. The SMILES string of the molecule is Oc1c(Cl)cc(Br)cc1N=Nc1ccccc1Cl. The van der Waals surface area contributed by atoms with Crippen LogP contribution in [-0.2, 0) is 0 Å². The van der Waals surface area contributed by atoms with Crippen LogP contribution in [0.1, 0.15) is 0 Å². The number of hydrogen-bond donors (Lipinski definition) is 1. The number of halogens is 3. The van der Waals surface area contributed by atoms with E-state index in [-0.39, 0.29) is 16.5 Å². The highest BCUT2D eigenvalue weighted by Gasteiger charge is 2.07. The highest BCUT2D eigenvalue weighted by atomic mass is 79.9. The van der Waals surface area contributed by atoms with E-state index in [0.717, 1.165) is 0 Å². The van der Waals surface area contributed by atoms with Crippen LogP contribution in [0.2, 0.25) is 10.0 Å². The van der Waals surface area contributed by atoms with Crippen LogP contribution in [-0.4, -0.2) is 5.11 Å². The van der Waals surface area contributed by atoms with Crippen molar-refractivity contribution in [3.8, 4) is 5.75 Å². The molecular weight excluding hydrogens is 339 g/mol. The third-order valence-electron chi connectivity index (χ3n) is 2.13. The van der Waals surface area contributed by atoms with Crippen molar-refractivity contribution >= 4 is 50.5 Å². The summed E-state index contributed by atoms with van der Waals surface area (Å²) in [6.07, 6.45) is 0. The summed E-state index contributed by atoms with van der Waals surface area (Å²) in [6.45, 7) is 0. The molecule has 2 rings (SSSR count). The summed E-state index contributed by atoms with van der Waals surface area (Å²) < 4.78 is 0.707. The summed E-state index contributed by atoms with van der Waals surface area (Å²) in [7, 11) is 0. The Morgan fingerprint density at radius 3 is 2.33 bits per heavy atom. The van der Waals surface area contributed by atoms with Crippen LogP contribution < -0.4 is 0 Å². The molecule has 0 aliphatic rings. The van der Waals surface area contributed by atoms with Crippen LogP contribution in [0, 0.1) is 0 Å². The second-order valence-corrected chi connectivity index (χ2v) is 5.14. The van der Waals surface area contributed by atoms with Crippen LogP contribution in [0.5, 0.6) is 5.75 Å². The summed E-state index contributed by atoms with van der Waals surface area (Å²) in [5.74, 6) is -0.115. The molecule has 0 bridgehead atoms. The molecule has 0 aromatic heterocycles. The quantitative estimate of drug-likeness (QED) is 0.679. The zero-order chi connectivity index (χ0) is 13.1. The van der Waals surface area contributed by atoms with Gasteiger partial charge >= 0.3 is 0 Å². The van der Waals surface area contributed by atoms with Gasteiger partial charge in [0.15, 0.2) is 5.75 Å². The van der Waals surface area contributed by atoms with Gasteiger partial charge in [-0.15, -0.1) is 10.2 Å². The van der Waals surface area contributed by atoms with Crippen LogP contribution >= 0.6 is 39.1 Å². The molecule has 2 aromatic rings. The first-order chi connectivity index (χ1) is 8.58. The summed E-state index contributed by atoms with van der Waals surface area (Å²) in [6, 6.07) is 10.2. The summed E-state index contributed by atoms with van der Waals surface area (Å²) in [5.41, 5.74) is 0.795. The van der Waals surface area contributed by atoms with Crippen LogP contribution in [0.15, 0.2) is 51.1 Å². The molecule has 0 radical (unpaired) electrons. The van der Waals surface area contributed by atoms with E-state index in [0.29, 0.717) is 15.2 Å². The molecule has 0 spiro atoms. The Morgan fingerprint density at radius 2 is 1.61 bits per heavy atom. The fourth-order valence-corrected chi connectivity index (χ4v) is 2.23. The van der Waals surface area contributed by atoms with E-state index in [2.05, 4.69) is 26.2 Å². The lowest BCUT2D eigenvalue weighted by Crippen LogP contribution is -1.72. The van der Waals surface area contributed by atoms with Crippen LogP contribution in [0.4, 0.5) is 11.4 Å². The Bertz CT molecular complexity index is 617. The summed E-state index contributed by atoms with van der Waals surface area (Å²) in [4.78, 5) is 0. The molecule has 0 amide bonds. The fraction of sp³-hybridized carbons (Fsp3) is 0. The zero-order valence-electron chi connectivity index (χ0n) is 8.94. The van der Waals surface area contributed by atoms with E-state index in [1.807, 2.05) is 0 Å². The highest BCUT2D eigenvalue weighted by Crippen LogP contribution is 2.38. The lowest BCUT2D eigenvalue weighted by atomic mass is 10.3. The molecule has 0 unspecified atom stereocenters.